The molecule has 1 aromatic rings. The van der Waals surface area contributed by atoms with E-state index >= 15 is 0 Å². The van der Waals surface area contributed by atoms with Crippen molar-refractivity contribution < 1.29 is 14.3 Å². The molecule has 25 heavy (non-hydrogen) atoms. The average Bonchev–Trinajstić information content (AvgIpc) is 3.11. The average molecular weight is 360 g/mol. The lowest BCUT2D eigenvalue weighted by molar-refractivity contribution is -0.134. The summed E-state index contributed by atoms with van der Waals surface area (Å²) in [4.78, 5) is 26.8. The van der Waals surface area contributed by atoms with E-state index in [-0.39, 0.29) is 17.9 Å². The van der Waals surface area contributed by atoms with Crippen molar-refractivity contribution >= 4 is 20.1 Å². The molecule has 0 N–H and O–H groups in total. The molecular weight excluding hydrogens is 330 g/mol. The summed E-state index contributed by atoms with van der Waals surface area (Å²) < 4.78 is 5.24. The third-order valence-corrected chi connectivity index (χ3v) is 8.86. The van der Waals surface area contributed by atoms with Crippen LogP contribution in [0.25, 0.3) is 0 Å². The predicted molar refractivity (Wildman–Crippen MR) is 101 cm³/mol. The number of carbonyl (C=O) groups excluding carboxylic acids is 2. The molecule has 0 aromatic heterocycles. The van der Waals surface area contributed by atoms with Crippen LogP contribution >= 0.6 is 0 Å². The SMILES string of the molecule is C[C@H]1C[C@@H]([Si](C)(C)C)C[C@@H]1C(=O)N1C(=O)OC[C@@H]1Cc1ccccc1. The number of cyclic esters (lactones) is 1. The summed E-state index contributed by atoms with van der Waals surface area (Å²) in [5.74, 6) is 0.285. The van der Waals surface area contributed by atoms with Gasteiger partial charge in [0.15, 0.2) is 0 Å². The maximum absolute atomic E-state index is 13.2. The van der Waals surface area contributed by atoms with Crippen LogP contribution < -0.4 is 0 Å². The number of ether oxygens (including phenoxy) is 1. The van der Waals surface area contributed by atoms with Gasteiger partial charge in [0.05, 0.1) is 6.04 Å². The zero-order chi connectivity index (χ0) is 18.2. The summed E-state index contributed by atoms with van der Waals surface area (Å²) in [5, 5.41) is 0. The number of carbonyl (C=O) groups is 2. The molecule has 1 saturated carbocycles. The fourth-order valence-electron chi connectivity index (χ4n) is 4.25. The van der Waals surface area contributed by atoms with Crippen LogP contribution in [0.15, 0.2) is 30.3 Å². The summed E-state index contributed by atoms with van der Waals surface area (Å²) in [6, 6.07) is 9.82. The minimum absolute atomic E-state index is 0.0170. The maximum Gasteiger partial charge on any atom is 0.416 e. The Labute approximate surface area is 151 Å². The van der Waals surface area contributed by atoms with Crippen LogP contribution in [0.4, 0.5) is 4.79 Å². The molecule has 1 aliphatic heterocycles. The molecule has 1 heterocycles. The molecule has 1 aromatic carbocycles. The number of benzene rings is 1. The van der Waals surface area contributed by atoms with E-state index in [4.69, 9.17) is 4.74 Å². The highest BCUT2D eigenvalue weighted by Crippen LogP contribution is 2.46. The molecule has 3 rings (SSSR count). The molecule has 4 atom stereocenters. The number of rotatable bonds is 4. The normalized spacial score (nSPS) is 29.8. The van der Waals surface area contributed by atoms with Crippen LogP contribution in [0.1, 0.15) is 25.3 Å². The van der Waals surface area contributed by atoms with Crippen molar-refractivity contribution in [1.29, 1.82) is 0 Å². The van der Waals surface area contributed by atoms with Crippen molar-refractivity contribution in [3.8, 4) is 0 Å². The molecule has 0 bridgehead atoms. The van der Waals surface area contributed by atoms with E-state index in [1.807, 2.05) is 30.3 Å². The van der Waals surface area contributed by atoms with Gasteiger partial charge in [-0.1, -0.05) is 56.9 Å². The molecule has 5 heteroatoms. The lowest BCUT2D eigenvalue weighted by atomic mass is 9.95. The highest BCUT2D eigenvalue weighted by atomic mass is 28.3. The van der Waals surface area contributed by atoms with Crippen molar-refractivity contribution in [3.63, 3.8) is 0 Å². The van der Waals surface area contributed by atoms with Crippen LogP contribution in [0.5, 0.6) is 0 Å². The molecule has 0 spiro atoms. The number of hydrogen-bond acceptors (Lipinski definition) is 3. The first-order valence-electron chi connectivity index (χ1n) is 9.31. The number of hydrogen-bond donors (Lipinski definition) is 0. The summed E-state index contributed by atoms with van der Waals surface area (Å²) in [7, 11) is -1.28. The zero-order valence-electron chi connectivity index (χ0n) is 15.7. The van der Waals surface area contributed by atoms with Crippen LogP contribution in [0.2, 0.25) is 25.2 Å². The first kappa shape index (κ1) is 18.2. The van der Waals surface area contributed by atoms with E-state index in [2.05, 4.69) is 26.6 Å². The third-order valence-electron chi connectivity index (χ3n) is 5.94. The van der Waals surface area contributed by atoms with Crippen molar-refractivity contribution in [2.75, 3.05) is 6.61 Å². The molecule has 1 aliphatic carbocycles. The second-order valence-corrected chi connectivity index (χ2v) is 14.3. The van der Waals surface area contributed by atoms with Gasteiger partial charge in [0.1, 0.15) is 6.61 Å². The molecule has 0 unspecified atom stereocenters. The van der Waals surface area contributed by atoms with Gasteiger partial charge >= 0.3 is 6.09 Å². The molecule has 4 nitrogen and oxygen atoms in total. The zero-order valence-corrected chi connectivity index (χ0v) is 16.7. The van der Waals surface area contributed by atoms with Gasteiger partial charge in [-0.15, -0.1) is 0 Å². The van der Waals surface area contributed by atoms with Gasteiger partial charge < -0.3 is 4.74 Å². The van der Waals surface area contributed by atoms with Crippen LogP contribution in [0.3, 0.4) is 0 Å². The fraction of sp³-hybridized carbons (Fsp3) is 0.600. The Morgan fingerprint density at radius 3 is 2.48 bits per heavy atom. The van der Waals surface area contributed by atoms with Gasteiger partial charge in [-0.3, -0.25) is 4.79 Å². The standard InChI is InChI=1S/C20H29NO3Si/c1-14-10-17(25(2,3)4)12-18(14)19(22)21-16(13-24-20(21)23)11-15-8-6-5-7-9-15/h5-9,14,16-18H,10-13H2,1-4H3/t14-,16-,17+,18-/m0/s1. The summed E-state index contributed by atoms with van der Waals surface area (Å²) >= 11 is 0. The smallest absolute Gasteiger partial charge is 0.416 e. The predicted octanol–water partition coefficient (Wildman–Crippen LogP) is 4.33. The van der Waals surface area contributed by atoms with E-state index < -0.39 is 14.2 Å². The van der Waals surface area contributed by atoms with Gasteiger partial charge in [0, 0.05) is 14.0 Å². The van der Waals surface area contributed by atoms with E-state index in [1.165, 1.54) is 4.90 Å². The summed E-state index contributed by atoms with van der Waals surface area (Å²) in [6.45, 7) is 9.59. The minimum Gasteiger partial charge on any atom is -0.447 e. The second kappa shape index (κ2) is 6.94. The Bertz CT molecular complexity index is 640. The monoisotopic (exact) mass is 359 g/mol. The first-order valence-corrected chi connectivity index (χ1v) is 12.9. The maximum atomic E-state index is 13.2. The molecule has 2 amide bonds. The number of imide groups is 1. The van der Waals surface area contributed by atoms with E-state index in [9.17, 15) is 9.59 Å². The third kappa shape index (κ3) is 3.81. The lowest BCUT2D eigenvalue weighted by Crippen LogP contribution is -2.44. The summed E-state index contributed by atoms with van der Waals surface area (Å²) in [5.41, 5.74) is 1.78. The van der Waals surface area contributed by atoms with E-state index in [1.54, 1.807) is 0 Å². The molecule has 2 fully saturated rings. The van der Waals surface area contributed by atoms with Crippen LogP contribution in [-0.4, -0.2) is 37.6 Å². The lowest BCUT2D eigenvalue weighted by Gasteiger charge is -2.26. The van der Waals surface area contributed by atoms with Gasteiger partial charge in [0.25, 0.3) is 0 Å². The van der Waals surface area contributed by atoms with Gasteiger partial charge in [0.2, 0.25) is 5.91 Å². The van der Waals surface area contributed by atoms with Crippen LogP contribution in [0, 0.1) is 11.8 Å². The van der Waals surface area contributed by atoms with Crippen molar-refractivity contribution in [3.05, 3.63) is 35.9 Å². The Balaban J connectivity index is 1.74. The Morgan fingerprint density at radius 1 is 1.20 bits per heavy atom. The van der Waals surface area contributed by atoms with E-state index in [0.717, 1.165) is 18.4 Å². The molecule has 136 valence electrons. The van der Waals surface area contributed by atoms with Gasteiger partial charge in [-0.05, 0) is 36.3 Å². The van der Waals surface area contributed by atoms with Crippen LogP contribution in [-0.2, 0) is 16.0 Å². The Morgan fingerprint density at radius 2 is 1.88 bits per heavy atom. The second-order valence-electron chi connectivity index (χ2n) is 8.75. The fourth-order valence-corrected chi connectivity index (χ4v) is 6.28. The van der Waals surface area contributed by atoms with Gasteiger partial charge in [-0.2, -0.15) is 0 Å². The highest BCUT2D eigenvalue weighted by molar-refractivity contribution is 6.77. The Hall–Kier alpha value is -1.62. The van der Waals surface area contributed by atoms with E-state index in [0.29, 0.717) is 24.5 Å². The topological polar surface area (TPSA) is 46.6 Å². The van der Waals surface area contributed by atoms with Crippen molar-refractivity contribution in [2.24, 2.45) is 11.8 Å². The number of nitrogens with zero attached hydrogens (tertiary/aromatic N) is 1. The quantitative estimate of drug-likeness (QED) is 0.752. The highest BCUT2D eigenvalue weighted by Gasteiger charge is 2.47. The summed E-state index contributed by atoms with van der Waals surface area (Å²) in [6.07, 6.45) is 2.24. The molecule has 0 radical (unpaired) electrons. The van der Waals surface area contributed by atoms with Gasteiger partial charge in [-0.25, -0.2) is 9.69 Å². The molecule has 1 saturated heterocycles. The molecule has 2 aliphatic rings. The van der Waals surface area contributed by atoms with Crippen molar-refractivity contribution in [2.45, 2.75) is 57.4 Å². The largest absolute Gasteiger partial charge is 0.447 e. The number of amides is 2. The minimum atomic E-state index is -1.28. The first-order chi connectivity index (χ1) is 11.8. The molecular formula is C20H29NO3Si. The van der Waals surface area contributed by atoms with Crippen molar-refractivity contribution in [1.82, 2.24) is 4.90 Å². The Kier molecular flexibility index (Phi) is 5.05.